The average molecular weight is 213 g/mol. The molecule has 0 spiro atoms. The quantitative estimate of drug-likeness (QED) is 0.786. The molecule has 3 rings (SSSR count). The molecular formula is C14H15NO. The molecular weight excluding hydrogens is 198 g/mol. The third-order valence-electron chi connectivity index (χ3n) is 3.29. The molecule has 1 heterocycles. The van der Waals surface area contributed by atoms with Crippen molar-refractivity contribution >= 4 is 16.5 Å². The van der Waals surface area contributed by atoms with Crippen LogP contribution < -0.4 is 4.90 Å². The van der Waals surface area contributed by atoms with E-state index >= 15 is 0 Å². The monoisotopic (exact) mass is 213 g/mol. The molecule has 0 aliphatic carbocycles. The van der Waals surface area contributed by atoms with Gasteiger partial charge < -0.3 is 10.0 Å². The minimum Gasteiger partial charge on any atom is -0.508 e. The Bertz CT molecular complexity index is 515. The maximum absolute atomic E-state index is 9.58. The van der Waals surface area contributed by atoms with Crippen LogP contribution >= 0.6 is 0 Å². The van der Waals surface area contributed by atoms with E-state index in [-0.39, 0.29) is 0 Å². The molecule has 1 saturated heterocycles. The number of hydrogen-bond donors (Lipinski definition) is 1. The first-order valence-corrected chi connectivity index (χ1v) is 5.81. The third-order valence-corrected chi connectivity index (χ3v) is 3.29. The van der Waals surface area contributed by atoms with Crippen molar-refractivity contribution in [2.24, 2.45) is 0 Å². The van der Waals surface area contributed by atoms with Crippen LogP contribution in [0, 0.1) is 0 Å². The molecule has 82 valence electrons. The molecule has 2 nitrogen and oxygen atoms in total. The highest BCUT2D eigenvalue weighted by Gasteiger charge is 2.14. The topological polar surface area (TPSA) is 23.5 Å². The molecule has 1 fully saturated rings. The van der Waals surface area contributed by atoms with Gasteiger partial charge in [-0.3, -0.25) is 0 Å². The van der Waals surface area contributed by atoms with Crippen LogP contribution in [0.2, 0.25) is 0 Å². The maximum Gasteiger partial charge on any atom is 0.116 e. The Morgan fingerprint density at radius 1 is 1.00 bits per heavy atom. The smallest absolute Gasteiger partial charge is 0.116 e. The van der Waals surface area contributed by atoms with Crippen LogP contribution in [0.25, 0.3) is 10.8 Å². The fourth-order valence-electron chi connectivity index (χ4n) is 2.48. The molecule has 0 amide bonds. The zero-order chi connectivity index (χ0) is 11.0. The summed E-state index contributed by atoms with van der Waals surface area (Å²) >= 11 is 0. The molecule has 16 heavy (non-hydrogen) atoms. The van der Waals surface area contributed by atoms with Gasteiger partial charge in [0, 0.05) is 24.2 Å². The molecule has 0 atom stereocenters. The number of aromatic hydroxyl groups is 1. The number of phenols is 1. The van der Waals surface area contributed by atoms with E-state index in [0.717, 1.165) is 18.5 Å². The predicted molar refractivity (Wildman–Crippen MR) is 67.1 cm³/mol. The van der Waals surface area contributed by atoms with Crippen molar-refractivity contribution in [2.45, 2.75) is 12.8 Å². The van der Waals surface area contributed by atoms with Gasteiger partial charge in [0.15, 0.2) is 0 Å². The second kappa shape index (κ2) is 3.71. The fourth-order valence-corrected chi connectivity index (χ4v) is 2.48. The third kappa shape index (κ3) is 1.51. The SMILES string of the molecule is Oc1ccc2cccc(N3CCCC3)c2c1. The number of hydrogen-bond acceptors (Lipinski definition) is 2. The molecule has 1 aliphatic heterocycles. The lowest BCUT2D eigenvalue weighted by Gasteiger charge is -2.19. The highest BCUT2D eigenvalue weighted by atomic mass is 16.3. The second-order valence-corrected chi connectivity index (χ2v) is 4.38. The van der Waals surface area contributed by atoms with E-state index in [4.69, 9.17) is 0 Å². The lowest BCUT2D eigenvalue weighted by Crippen LogP contribution is -2.17. The maximum atomic E-state index is 9.58. The van der Waals surface area contributed by atoms with Crippen molar-refractivity contribution in [3.8, 4) is 5.75 Å². The van der Waals surface area contributed by atoms with Gasteiger partial charge in [-0.05, 0) is 36.4 Å². The van der Waals surface area contributed by atoms with E-state index in [1.807, 2.05) is 12.1 Å². The molecule has 0 aromatic heterocycles. The summed E-state index contributed by atoms with van der Waals surface area (Å²) in [4.78, 5) is 2.40. The first kappa shape index (κ1) is 9.52. The number of rotatable bonds is 1. The number of anilines is 1. The van der Waals surface area contributed by atoms with E-state index in [0.29, 0.717) is 5.75 Å². The van der Waals surface area contributed by atoms with E-state index in [1.165, 1.54) is 23.9 Å². The van der Waals surface area contributed by atoms with Crippen molar-refractivity contribution in [3.63, 3.8) is 0 Å². The lowest BCUT2D eigenvalue weighted by molar-refractivity contribution is 0.476. The van der Waals surface area contributed by atoms with Crippen molar-refractivity contribution in [1.29, 1.82) is 0 Å². The van der Waals surface area contributed by atoms with Crippen LogP contribution in [-0.4, -0.2) is 18.2 Å². The van der Waals surface area contributed by atoms with Crippen LogP contribution in [0.5, 0.6) is 5.75 Å². The summed E-state index contributed by atoms with van der Waals surface area (Å²) in [6, 6.07) is 11.9. The molecule has 2 aromatic carbocycles. The van der Waals surface area contributed by atoms with Gasteiger partial charge >= 0.3 is 0 Å². The molecule has 0 radical (unpaired) electrons. The van der Waals surface area contributed by atoms with Gasteiger partial charge in [0.05, 0.1) is 0 Å². The van der Waals surface area contributed by atoms with Gasteiger partial charge in [-0.1, -0.05) is 18.2 Å². The Labute approximate surface area is 95.1 Å². The number of nitrogens with zero attached hydrogens (tertiary/aromatic N) is 1. The van der Waals surface area contributed by atoms with Crippen LogP contribution in [-0.2, 0) is 0 Å². The molecule has 0 bridgehead atoms. The van der Waals surface area contributed by atoms with Gasteiger partial charge in [-0.2, -0.15) is 0 Å². The fraction of sp³-hybridized carbons (Fsp3) is 0.286. The molecule has 0 unspecified atom stereocenters. The van der Waals surface area contributed by atoms with Gasteiger partial charge in [0.1, 0.15) is 5.75 Å². The first-order chi connectivity index (χ1) is 7.84. The highest BCUT2D eigenvalue weighted by molar-refractivity contribution is 5.95. The minimum atomic E-state index is 0.346. The van der Waals surface area contributed by atoms with E-state index < -0.39 is 0 Å². The van der Waals surface area contributed by atoms with Gasteiger partial charge in [-0.25, -0.2) is 0 Å². The Hall–Kier alpha value is -1.70. The molecule has 1 aliphatic rings. The molecule has 0 saturated carbocycles. The summed E-state index contributed by atoms with van der Waals surface area (Å²) in [5, 5.41) is 11.9. The van der Waals surface area contributed by atoms with E-state index in [9.17, 15) is 5.11 Å². The number of phenolic OH excluding ortho intramolecular Hbond substituents is 1. The zero-order valence-electron chi connectivity index (χ0n) is 9.19. The Balaban J connectivity index is 2.18. The predicted octanol–water partition coefficient (Wildman–Crippen LogP) is 3.15. The van der Waals surface area contributed by atoms with Gasteiger partial charge in [0.2, 0.25) is 0 Å². The highest BCUT2D eigenvalue weighted by Crippen LogP contribution is 2.31. The Morgan fingerprint density at radius 2 is 1.81 bits per heavy atom. The summed E-state index contributed by atoms with van der Waals surface area (Å²) < 4.78 is 0. The summed E-state index contributed by atoms with van der Waals surface area (Å²) in [5.41, 5.74) is 1.26. The van der Waals surface area contributed by atoms with Gasteiger partial charge in [-0.15, -0.1) is 0 Å². The first-order valence-electron chi connectivity index (χ1n) is 5.81. The van der Waals surface area contributed by atoms with E-state index in [1.54, 1.807) is 6.07 Å². The minimum absolute atomic E-state index is 0.346. The van der Waals surface area contributed by atoms with Crippen LogP contribution in [0.3, 0.4) is 0 Å². The van der Waals surface area contributed by atoms with E-state index in [2.05, 4.69) is 23.1 Å². The molecule has 2 heteroatoms. The van der Waals surface area contributed by atoms with Crippen LogP contribution in [0.4, 0.5) is 5.69 Å². The molecule has 1 N–H and O–H groups in total. The number of benzene rings is 2. The largest absolute Gasteiger partial charge is 0.508 e. The second-order valence-electron chi connectivity index (χ2n) is 4.38. The van der Waals surface area contributed by atoms with Crippen molar-refractivity contribution in [2.75, 3.05) is 18.0 Å². The van der Waals surface area contributed by atoms with Gasteiger partial charge in [0.25, 0.3) is 0 Å². The standard InChI is InChI=1S/C14H15NO/c16-12-7-6-11-4-3-5-14(13(11)10-12)15-8-1-2-9-15/h3-7,10,16H,1-2,8-9H2. The lowest BCUT2D eigenvalue weighted by atomic mass is 10.1. The summed E-state index contributed by atoms with van der Waals surface area (Å²) in [5.74, 6) is 0.346. The summed E-state index contributed by atoms with van der Waals surface area (Å²) in [6.45, 7) is 2.27. The Morgan fingerprint density at radius 3 is 2.62 bits per heavy atom. The summed E-state index contributed by atoms with van der Waals surface area (Å²) in [7, 11) is 0. The van der Waals surface area contributed by atoms with Crippen molar-refractivity contribution in [1.82, 2.24) is 0 Å². The average Bonchev–Trinajstić information content (AvgIpc) is 2.81. The van der Waals surface area contributed by atoms with Crippen LogP contribution in [0.15, 0.2) is 36.4 Å². The van der Waals surface area contributed by atoms with Crippen LogP contribution in [0.1, 0.15) is 12.8 Å². The summed E-state index contributed by atoms with van der Waals surface area (Å²) in [6.07, 6.45) is 2.55. The zero-order valence-corrected chi connectivity index (χ0v) is 9.19. The molecule has 2 aromatic rings. The Kier molecular flexibility index (Phi) is 2.21. The number of fused-ring (bicyclic) bond motifs is 1. The normalized spacial score (nSPS) is 15.9. The van der Waals surface area contributed by atoms with Crippen molar-refractivity contribution < 1.29 is 5.11 Å². The van der Waals surface area contributed by atoms with Crippen molar-refractivity contribution in [3.05, 3.63) is 36.4 Å².